The average molecular weight is 419 g/mol. The minimum absolute atomic E-state index is 0.194. The van der Waals surface area contributed by atoms with E-state index in [2.05, 4.69) is 10.5 Å². The van der Waals surface area contributed by atoms with Crippen molar-refractivity contribution in [2.24, 2.45) is 0 Å². The Morgan fingerprint density at radius 2 is 1.71 bits per heavy atom. The molecule has 1 amide bonds. The van der Waals surface area contributed by atoms with E-state index in [1.54, 1.807) is 62.4 Å². The number of nitrogens with one attached hydrogen (secondary N) is 1. The SMILES string of the molecule is Cc1noc(C)c1C(=O)OC(C(=O)Nc1cc(Cl)cc(Cl)c1)c1ccccc1. The maximum atomic E-state index is 12.9. The highest BCUT2D eigenvalue weighted by molar-refractivity contribution is 6.35. The number of amides is 1. The Bertz CT molecular complexity index is 979. The smallest absolute Gasteiger partial charge is 0.344 e. The fourth-order valence-corrected chi connectivity index (χ4v) is 3.20. The van der Waals surface area contributed by atoms with Crippen LogP contribution in [-0.2, 0) is 9.53 Å². The van der Waals surface area contributed by atoms with Gasteiger partial charge in [0.2, 0.25) is 6.10 Å². The molecule has 3 aromatic rings. The summed E-state index contributed by atoms with van der Waals surface area (Å²) in [5.41, 5.74) is 1.47. The first-order chi connectivity index (χ1) is 13.3. The number of nitrogens with zero attached hydrogens (tertiary/aromatic N) is 1. The van der Waals surface area contributed by atoms with Gasteiger partial charge in [-0.1, -0.05) is 58.7 Å². The lowest BCUT2D eigenvalue weighted by Crippen LogP contribution is -2.26. The third-order valence-corrected chi connectivity index (χ3v) is 4.37. The van der Waals surface area contributed by atoms with Crippen molar-refractivity contribution in [2.45, 2.75) is 20.0 Å². The van der Waals surface area contributed by atoms with E-state index in [1.807, 2.05) is 0 Å². The first-order valence-corrected chi connectivity index (χ1v) is 9.06. The molecule has 0 saturated carbocycles. The summed E-state index contributed by atoms with van der Waals surface area (Å²) in [4.78, 5) is 25.5. The van der Waals surface area contributed by atoms with Crippen LogP contribution in [0.2, 0.25) is 10.0 Å². The summed E-state index contributed by atoms with van der Waals surface area (Å²) in [6.45, 7) is 3.22. The zero-order valence-electron chi connectivity index (χ0n) is 15.0. The van der Waals surface area contributed by atoms with E-state index >= 15 is 0 Å². The van der Waals surface area contributed by atoms with Crippen LogP contribution in [-0.4, -0.2) is 17.0 Å². The number of esters is 1. The third-order valence-electron chi connectivity index (χ3n) is 3.93. The zero-order valence-corrected chi connectivity index (χ0v) is 16.5. The Kier molecular flexibility index (Phi) is 6.02. The first kappa shape index (κ1) is 19.9. The minimum atomic E-state index is -1.19. The van der Waals surface area contributed by atoms with E-state index in [-0.39, 0.29) is 5.56 Å². The molecule has 0 radical (unpaired) electrons. The maximum absolute atomic E-state index is 12.9. The Balaban J connectivity index is 1.89. The molecule has 1 atom stereocenters. The van der Waals surface area contributed by atoms with Crippen molar-refractivity contribution < 1.29 is 18.8 Å². The zero-order chi connectivity index (χ0) is 20.3. The van der Waals surface area contributed by atoms with Crippen molar-refractivity contribution in [1.82, 2.24) is 5.16 Å². The van der Waals surface area contributed by atoms with Gasteiger partial charge in [0.05, 0.1) is 5.69 Å². The summed E-state index contributed by atoms with van der Waals surface area (Å²) >= 11 is 12.0. The number of rotatable bonds is 5. The lowest BCUT2D eigenvalue weighted by atomic mass is 10.1. The Labute approximate surface area is 171 Å². The van der Waals surface area contributed by atoms with E-state index < -0.39 is 18.0 Å². The van der Waals surface area contributed by atoms with Gasteiger partial charge in [0.25, 0.3) is 5.91 Å². The van der Waals surface area contributed by atoms with Gasteiger partial charge in [-0.3, -0.25) is 4.79 Å². The van der Waals surface area contributed by atoms with Crippen LogP contribution in [0.15, 0.2) is 53.1 Å². The standard InChI is InChI=1S/C20H16Cl2N2O4/c1-11-17(12(2)28-24-11)20(26)27-18(13-6-4-3-5-7-13)19(25)23-16-9-14(21)8-15(22)10-16/h3-10,18H,1-2H3,(H,23,25). The molecule has 0 spiro atoms. The number of benzene rings is 2. The summed E-state index contributed by atoms with van der Waals surface area (Å²) in [6, 6.07) is 13.3. The summed E-state index contributed by atoms with van der Waals surface area (Å²) in [6.07, 6.45) is -1.19. The Morgan fingerprint density at radius 3 is 2.29 bits per heavy atom. The van der Waals surface area contributed by atoms with Gasteiger partial charge in [-0.15, -0.1) is 0 Å². The summed E-state index contributed by atoms with van der Waals surface area (Å²) < 4.78 is 10.5. The second-order valence-corrected chi connectivity index (χ2v) is 6.92. The van der Waals surface area contributed by atoms with Crippen molar-refractivity contribution >= 4 is 40.8 Å². The number of hydrogen-bond acceptors (Lipinski definition) is 5. The average Bonchev–Trinajstić information content (AvgIpc) is 2.97. The number of aromatic nitrogens is 1. The van der Waals surface area contributed by atoms with Gasteiger partial charge in [-0.25, -0.2) is 4.79 Å². The molecule has 0 saturated heterocycles. The van der Waals surface area contributed by atoms with Crippen LogP contribution >= 0.6 is 23.2 Å². The molecule has 2 aromatic carbocycles. The van der Waals surface area contributed by atoms with Gasteiger partial charge in [-0.05, 0) is 32.0 Å². The molecule has 144 valence electrons. The molecule has 1 N–H and O–H groups in total. The van der Waals surface area contributed by atoms with Crippen molar-refractivity contribution in [3.8, 4) is 0 Å². The van der Waals surface area contributed by atoms with E-state index in [0.29, 0.717) is 32.8 Å². The number of carbonyl (C=O) groups is 2. The quantitative estimate of drug-likeness (QED) is 0.580. The number of ether oxygens (including phenoxy) is 1. The van der Waals surface area contributed by atoms with E-state index in [1.165, 1.54) is 0 Å². The topological polar surface area (TPSA) is 81.4 Å². The fraction of sp³-hybridized carbons (Fsp3) is 0.150. The molecule has 1 unspecified atom stereocenters. The number of halogens is 2. The normalized spacial score (nSPS) is 11.7. The van der Waals surface area contributed by atoms with Crippen LogP contribution in [0.4, 0.5) is 5.69 Å². The van der Waals surface area contributed by atoms with Crippen LogP contribution < -0.4 is 5.32 Å². The molecule has 0 aliphatic rings. The predicted molar refractivity (Wildman–Crippen MR) is 106 cm³/mol. The molecular formula is C20H16Cl2N2O4. The maximum Gasteiger partial charge on any atom is 0.344 e. The van der Waals surface area contributed by atoms with Gasteiger partial charge in [-0.2, -0.15) is 0 Å². The highest BCUT2D eigenvalue weighted by atomic mass is 35.5. The number of aryl methyl sites for hydroxylation is 2. The van der Waals surface area contributed by atoms with Crippen molar-refractivity contribution in [1.29, 1.82) is 0 Å². The van der Waals surface area contributed by atoms with Crippen LogP contribution in [0.3, 0.4) is 0 Å². The molecule has 0 aliphatic carbocycles. The number of anilines is 1. The molecule has 28 heavy (non-hydrogen) atoms. The van der Waals surface area contributed by atoms with E-state index in [0.717, 1.165) is 0 Å². The molecule has 0 bridgehead atoms. The largest absolute Gasteiger partial charge is 0.444 e. The highest BCUT2D eigenvalue weighted by Gasteiger charge is 2.28. The number of hydrogen-bond donors (Lipinski definition) is 1. The summed E-state index contributed by atoms with van der Waals surface area (Å²) in [5, 5.41) is 7.16. The lowest BCUT2D eigenvalue weighted by Gasteiger charge is -2.18. The summed E-state index contributed by atoms with van der Waals surface area (Å²) in [5.74, 6) is -0.939. The van der Waals surface area contributed by atoms with Crippen LogP contribution in [0.5, 0.6) is 0 Å². The van der Waals surface area contributed by atoms with Gasteiger partial charge in [0.1, 0.15) is 11.3 Å². The molecule has 0 aliphatic heterocycles. The van der Waals surface area contributed by atoms with Crippen LogP contribution in [0, 0.1) is 13.8 Å². The Morgan fingerprint density at radius 1 is 1.07 bits per heavy atom. The van der Waals surface area contributed by atoms with Gasteiger partial charge in [0, 0.05) is 21.3 Å². The lowest BCUT2D eigenvalue weighted by molar-refractivity contribution is -0.125. The van der Waals surface area contributed by atoms with Crippen molar-refractivity contribution in [3.05, 3.63) is 81.2 Å². The molecule has 1 heterocycles. The van der Waals surface area contributed by atoms with Gasteiger partial charge >= 0.3 is 5.97 Å². The van der Waals surface area contributed by atoms with E-state index in [9.17, 15) is 9.59 Å². The van der Waals surface area contributed by atoms with Crippen LogP contribution in [0.1, 0.15) is 33.5 Å². The summed E-state index contributed by atoms with van der Waals surface area (Å²) in [7, 11) is 0. The first-order valence-electron chi connectivity index (χ1n) is 8.31. The second kappa shape index (κ2) is 8.46. The molecule has 1 aromatic heterocycles. The monoisotopic (exact) mass is 418 g/mol. The molecule has 8 heteroatoms. The molecule has 0 fully saturated rings. The van der Waals surface area contributed by atoms with E-state index in [4.69, 9.17) is 32.5 Å². The highest BCUT2D eigenvalue weighted by Crippen LogP contribution is 2.26. The second-order valence-electron chi connectivity index (χ2n) is 6.04. The van der Waals surface area contributed by atoms with Crippen molar-refractivity contribution in [3.63, 3.8) is 0 Å². The minimum Gasteiger partial charge on any atom is -0.444 e. The number of carbonyl (C=O) groups excluding carboxylic acids is 2. The molecule has 6 nitrogen and oxygen atoms in total. The molecule has 3 rings (SSSR count). The Hall–Kier alpha value is -2.83. The fourth-order valence-electron chi connectivity index (χ4n) is 2.67. The predicted octanol–water partition coefficient (Wildman–Crippen LogP) is 5.14. The third kappa shape index (κ3) is 4.52. The van der Waals surface area contributed by atoms with Crippen LogP contribution in [0.25, 0.3) is 0 Å². The van der Waals surface area contributed by atoms with Crippen molar-refractivity contribution in [2.75, 3.05) is 5.32 Å². The van der Waals surface area contributed by atoms with Gasteiger partial charge < -0.3 is 14.6 Å². The molecular weight excluding hydrogens is 403 g/mol. The van der Waals surface area contributed by atoms with Gasteiger partial charge in [0.15, 0.2) is 0 Å².